The largest absolute Gasteiger partial charge is 0.286 e. The number of thioether (sulfide) groups is 1. The number of hydrogen-bond donors (Lipinski definition) is 0. The minimum Gasteiger partial charge on any atom is -0.286 e. The van der Waals surface area contributed by atoms with E-state index in [0.29, 0.717) is 29.0 Å². The average Bonchev–Trinajstić information content (AvgIpc) is 2.60. The standard InChI is InChI=1S/C18H19FN4OS/c1-12(2)7-10-23-17(24)15-16(21-9-8-20-15)22-18(23)25-11-13-3-5-14(19)6-4-13/h3-6,8-9,12H,7,10-11H2,1-2H3. The summed E-state index contributed by atoms with van der Waals surface area (Å²) < 4.78 is 14.7. The molecule has 0 N–H and O–H groups in total. The molecule has 0 atom stereocenters. The van der Waals surface area contributed by atoms with Crippen molar-refractivity contribution in [1.29, 1.82) is 0 Å². The smallest absolute Gasteiger partial charge is 0.282 e. The van der Waals surface area contributed by atoms with E-state index in [9.17, 15) is 9.18 Å². The van der Waals surface area contributed by atoms with Gasteiger partial charge >= 0.3 is 0 Å². The van der Waals surface area contributed by atoms with Crippen molar-refractivity contribution in [2.45, 2.75) is 37.7 Å². The second kappa shape index (κ2) is 7.74. The van der Waals surface area contributed by atoms with E-state index < -0.39 is 0 Å². The molecule has 0 aliphatic rings. The van der Waals surface area contributed by atoms with Crippen LogP contribution >= 0.6 is 11.8 Å². The second-order valence-corrected chi connectivity index (χ2v) is 7.12. The lowest BCUT2D eigenvalue weighted by atomic mass is 10.1. The van der Waals surface area contributed by atoms with Crippen LogP contribution in [0.5, 0.6) is 0 Å². The van der Waals surface area contributed by atoms with Crippen molar-refractivity contribution < 1.29 is 4.39 Å². The van der Waals surface area contributed by atoms with Crippen molar-refractivity contribution in [3.63, 3.8) is 0 Å². The summed E-state index contributed by atoms with van der Waals surface area (Å²) in [6.45, 7) is 4.82. The van der Waals surface area contributed by atoms with E-state index in [1.165, 1.54) is 36.3 Å². The van der Waals surface area contributed by atoms with Crippen LogP contribution in [0.2, 0.25) is 0 Å². The molecule has 0 aliphatic heterocycles. The molecule has 0 saturated heterocycles. The number of hydrogen-bond acceptors (Lipinski definition) is 5. The van der Waals surface area contributed by atoms with Crippen LogP contribution in [0.25, 0.3) is 11.2 Å². The Bertz CT molecular complexity index is 925. The molecule has 0 radical (unpaired) electrons. The minimum atomic E-state index is -0.262. The number of benzene rings is 1. The maximum atomic E-state index is 13.0. The van der Waals surface area contributed by atoms with E-state index in [2.05, 4.69) is 28.8 Å². The molecule has 5 nitrogen and oxygen atoms in total. The van der Waals surface area contributed by atoms with Crippen molar-refractivity contribution in [2.24, 2.45) is 5.92 Å². The SMILES string of the molecule is CC(C)CCn1c(SCc2ccc(F)cc2)nc2nccnc2c1=O. The van der Waals surface area contributed by atoms with Crippen LogP contribution in [0.1, 0.15) is 25.8 Å². The first-order valence-electron chi connectivity index (χ1n) is 8.13. The molecule has 0 bridgehead atoms. The maximum Gasteiger partial charge on any atom is 0.282 e. The highest BCUT2D eigenvalue weighted by atomic mass is 32.2. The van der Waals surface area contributed by atoms with E-state index in [0.717, 1.165) is 12.0 Å². The number of fused-ring (bicyclic) bond motifs is 1. The Morgan fingerprint density at radius 1 is 1.16 bits per heavy atom. The van der Waals surface area contributed by atoms with Gasteiger partial charge in [0.1, 0.15) is 5.82 Å². The van der Waals surface area contributed by atoms with Crippen molar-refractivity contribution in [3.8, 4) is 0 Å². The monoisotopic (exact) mass is 358 g/mol. The summed E-state index contributed by atoms with van der Waals surface area (Å²) in [5.74, 6) is 0.807. The highest BCUT2D eigenvalue weighted by molar-refractivity contribution is 7.98. The third-order valence-electron chi connectivity index (χ3n) is 3.77. The molecule has 0 fully saturated rings. The molecule has 0 aliphatic carbocycles. The molecular formula is C18H19FN4OS. The molecule has 1 aromatic carbocycles. The predicted octanol–water partition coefficient (Wildman–Crippen LogP) is 3.66. The summed E-state index contributed by atoms with van der Waals surface area (Å²) in [6.07, 6.45) is 3.91. The van der Waals surface area contributed by atoms with Gasteiger partial charge < -0.3 is 0 Å². The predicted molar refractivity (Wildman–Crippen MR) is 97.0 cm³/mol. The van der Waals surface area contributed by atoms with Gasteiger partial charge in [-0.15, -0.1) is 0 Å². The van der Waals surface area contributed by atoms with E-state index in [1.807, 2.05) is 0 Å². The number of rotatable bonds is 6. The zero-order valence-corrected chi connectivity index (χ0v) is 15.0. The van der Waals surface area contributed by atoms with Gasteiger partial charge in [0.2, 0.25) is 0 Å². The number of aromatic nitrogens is 4. The molecule has 3 rings (SSSR count). The first-order valence-corrected chi connectivity index (χ1v) is 9.12. The van der Waals surface area contributed by atoms with Crippen molar-refractivity contribution in [2.75, 3.05) is 0 Å². The van der Waals surface area contributed by atoms with Crippen LogP contribution in [-0.4, -0.2) is 19.5 Å². The summed E-state index contributed by atoms with van der Waals surface area (Å²) in [6, 6.07) is 6.33. The Morgan fingerprint density at radius 3 is 2.60 bits per heavy atom. The first kappa shape index (κ1) is 17.5. The van der Waals surface area contributed by atoms with Crippen molar-refractivity contribution in [1.82, 2.24) is 19.5 Å². The molecule has 0 spiro atoms. The Hall–Kier alpha value is -2.28. The summed E-state index contributed by atoms with van der Waals surface area (Å²) in [4.78, 5) is 25.6. The van der Waals surface area contributed by atoms with Crippen LogP contribution in [0.3, 0.4) is 0 Å². The average molecular weight is 358 g/mol. The molecule has 3 aromatic rings. The van der Waals surface area contributed by atoms with Gasteiger partial charge in [0, 0.05) is 24.7 Å². The van der Waals surface area contributed by atoms with Gasteiger partial charge in [0.25, 0.3) is 5.56 Å². The molecule has 25 heavy (non-hydrogen) atoms. The van der Waals surface area contributed by atoms with Gasteiger partial charge in [-0.1, -0.05) is 37.7 Å². The third kappa shape index (κ3) is 4.22. The van der Waals surface area contributed by atoms with E-state index in [4.69, 9.17) is 0 Å². The van der Waals surface area contributed by atoms with Gasteiger partial charge in [-0.3, -0.25) is 9.36 Å². The van der Waals surface area contributed by atoms with Gasteiger partial charge in [0.15, 0.2) is 16.3 Å². The first-order chi connectivity index (χ1) is 12.0. The van der Waals surface area contributed by atoms with E-state index in [-0.39, 0.29) is 16.9 Å². The van der Waals surface area contributed by atoms with Crippen molar-refractivity contribution in [3.05, 3.63) is 58.4 Å². The third-order valence-corrected chi connectivity index (χ3v) is 4.82. The van der Waals surface area contributed by atoms with Gasteiger partial charge in [-0.25, -0.2) is 19.3 Å². The van der Waals surface area contributed by atoms with E-state index in [1.54, 1.807) is 16.7 Å². The van der Waals surface area contributed by atoms with Crippen LogP contribution in [-0.2, 0) is 12.3 Å². The Balaban J connectivity index is 1.94. The number of halogens is 1. The fraction of sp³-hybridized carbons (Fsp3) is 0.333. The van der Waals surface area contributed by atoms with Gasteiger partial charge in [0.05, 0.1) is 0 Å². The number of nitrogens with zero attached hydrogens (tertiary/aromatic N) is 4. The summed E-state index contributed by atoms with van der Waals surface area (Å²) in [5.41, 5.74) is 1.45. The Kier molecular flexibility index (Phi) is 5.43. The highest BCUT2D eigenvalue weighted by Gasteiger charge is 2.13. The fourth-order valence-corrected chi connectivity index (χ4v) is 3.32. The molecular weight excluding hydrogens is 339 g/mol. The molecule has 2 aromatic heterocycles. The van der Waals surface area contributed by atoms with Crippen LogP contribution in [0.4, 0.5) is 4.39 Å². The second-order valence-electron chi connectivity index (χ2n) is 6.18. The Morgan fingerprint density at radius 2 is 1.88 bits per heavy atom. The topological polar surface area (TPSA) is 60.7 Å². The molecule has 2 heterocycles. The lowest BCUT2D eigenvalue weighted by Crippen LogP contribution is -2.25. The van der Waals surface area contributed by atoms with Crippen LogP contribution < -0.4 is 5.56 Å². The van der Waals surface area contributed by atoms with Gasteiger partial charge in [-0.05, 0) is 30.0 Å². The molecule has 130 valence electrons. The quantitative estimate of drug-likeness (QED) is 0.497. The summed E-state index contributed by atoms with van der Waals surface area (Å²) in [7, 11) is 0. The summed E-state index contributed by atoms with van der Waals surface area (Å²) in [5, 5.41) is 0.614. The Labute approximate surface area is 149 Å². The van der Waals surface area contributed by atoms with Crippen LogP contribution in [0.15, 0.2) is 46.6 Å². The maximum absolute atomic E-state index is 13.0. The lowest BCUT2D eigenvalue weighted by Gasteiger charge is -2.13. The minimum absolute atomic E-state index is 0.166. The van der Waals surface area contributed by atoms with Crippen LogP contribution in [0, 0.1) is 11.7 Å². The normalized spacial score (nSPS) is 11.4. The molecule has 0 unspecified atom stereocenters. The zero-order chi connectivity index (χ0) is 17.8. The highest BCUT2D eigenvalue weighted by Crippen LogP contribution is 2.22. The molecule has 7 heteroatoms. The summed E-state index contributed by atoms with van der Waals surface area (Å²) >= 11 is 1.45. The van der Waals surface area contributed by atoms with Crippen molar-refractivity contribution >= 4 is 22.9 Å². The molecule has 0 amide bonds. The van der Waals surface area contributed by atoms with E-state index >= 15 is 0 Å². The fourth-order valence-electron chi connectivity index (χ4n) is 2.35. The molecule has 0 saturated carbocycles. The lowest BCUT2D eigenvalue weighted by molar-refractivity contribution is 0.480. The van der Waals surface area contributed by atoms with Gasteiger partial charge in [-0.2, -0.15) is 0 Å². The zero-order valence-electron chi connectivity index (χ0n) is 14.1.